The van der Waals surface area contributed by atoms with E-state index in [1.54, 1.807) is 24.3 Å². The molecule has 0 aromatic heterocycles. The third-order valence-electron chi connectivity index (χ3n) is 2.99. The summed E-state index contributed by atoms with van der Waals surface area (Å²) in [6.07, 6.45) is 3.75. The summed E-state index contributed by atoms with van der Waals surface area (Å²) in [7, 11) is 0. The number of hydrogen-bond acceptors (Lipinski definition) is 4. The molecule has 0 bridgehead atoms. The normalized spacial score (nSPS) is 15.7. The zero-order valence-electron chi connectivity index (χ0n) is 12.0. The lowest BCUT2D eigenvalue weighted by molar-refractivity contribution is -0.115. The van der Waals surface area contributed by atoms with Gasteiger partial charge in [0.15, 0.2) is 0 Å². The van der Waals surface area contributed by atoms with E-state index in [2.05, 4.69) is 10.5 Å². The van der Waals surface area contributed by atoms with Crippen LogP contribution in [0.5, 0.6) is 0 Å². The van der Waals surface area contributed by atoms with Gasteiger partial charge in [-0.05, 0) is 37.6 Å². The van der Waals surface area contributed by atoms with Crippen LogP contribution in [0.4, 0.5) is 10.5 Å². The summed E-state index contributed by atoms with van der Waals surface area (Å²) in [5, 5.41) is 6.48. The minimum absolute atomic E-state index is 0.0415. The molecule has 1 aromatic carbocycles. The number of benzene rings is 1. The highest BCUT2D eigenvalue weighted by Gasteiger charge is 2.29. The van der Waals surface area contributed by atoms with Gasteiger partial charge in [-0.2, -0.15) is 0 Å². The van der Waals surface area contributed by atoms with Crippen LogP contribution in [0.25, 0.3) is 0 Å². The molecule has 21 heavy (non-hydrogen) atoms. The van der Waals surface area contributed by atoms with Crippen molar-refractivity contribution in [3.63, 3.8) is 0 Å². The monoisotopic (exact) mass is 287 g/mol. The van der Waals surface area contributed by atoms with E-state index in [1.807, 2.05) is 26.0 Å². The van der Waals surface area contributed by atoms with Gasteiger partial charge in [0.1, 0.15) is 6.61 Å². The number of oxime groups is 1. The van der Waals surface area contributed by atoms with Crippen LogP contribution in [0.2, 0.25) is 0 Å². The summed E-state index contributed by atoms with van der Waals surface area (Å²) in [5.41, 5.74) is 2.14. The van der Waals surface area contributed by atoms with E-state index in [1.165, 1.54) is 0 Å². The maximum absolute atomic E-state index is 11.6. The maximum Gasteiger partial charge on any atom is 0.329 e. The van der Waals surface area contributed by atoms with Gasteiger partial charge in [0.2, 0.25) is 0 Å². The van der Waals surface area contributed by atoms with Crippen LogP contribution in [0.3, 0.4) is 0 Å². The number of rotatable bonds is 5. The number of urea groups is 1. The van der Waals surface area contributed by atoms with E-state index in [0.29, 0.717) is 12.3 Å². The van der Waals surface area contributed by atoms with Gasteiger partial charge in [-0.25, -0.2) is 9.69 Å². The van der Waals surface area contributed by atoms with Gasteiger partial charge in [-0.1, -0.05) is 23.4 Å². The van der Waals surface area contributed by atoms with Crippen LogP contribution in [0.15, 0.2) is 41.6 Å². The molecule has 1 N–H and O–H groups in total. The molecule has 1 fully saturated rings. The molecule has 2 rings (SSSR count). The van der Waals surface area contributed by atoms with Crippen LogP contribution >= 0.6 is 0 Å². The van der Waals surface area contributed by atoms with Gasteiger partial charge >= 0.3 is 6.03 Å². The Morgan fingerprint density at radius 3 is 2.67 bits per heavy atom. The Morgan fingerprint density at radius 2 is 2.10 bits per heavy atom. The molecule has 6 heteroatoms. The highest BCUT2D eigenvalue weighted by Crippen LogP contribution is 2.18. The molecule has 0 unspecified atom stereocenters. The Balaban J connectivity index is 2.08. The van der Waals surface area contributed by atoms with Crippen molar-refractivity contribution >= 4 is 23.3 Å². The first kappa shape index (κ1) is 14.8. The summed E-state index contributed by atoms with van der Waals surface area (Å²) in [4.78, 5) is 29.4. The highest BCUT2D eigenvalue weighted by atomic mass is 16.6. The Kier molecular flexibility index (Phi) is 4.71. The second-order valence-electron chi connectivity index (χ2n) is 4.48. The molecule has 110 valence electrons. The SMILES string of the molecule is C/C=C/CON=C(C)c1ccc(N2C(=O)CNC2=O)cc1. The van der Waals surface area contributed by atoms with Gasteiger partial charge in [0, 0.05) is 0 Å². The number of nitrogens with one attached hydrogen (secondary N) is 1. The molecule has 0 saturated carbocycles. The number of carbonyl (C=O) groups excluding carboxylic acids is 2. The molecule has 1 heterocycles. The zero-order valence-corrected chi connectivity index (χ0v) is 12.0. The first-order chi connectivity index (χ1) is 10.1. The third kappa shape index (κ3) is 3.47. The van der Waals surface area contributed by atoms with Crippen molar-refractivity contribution < 1.29 is 14.4 Å². The van der Waals surface area contributed by atoms with Gasteiger partial charge < -0.3 is 10.2 Å². The number of imide groups is 1. The zero-order chi connectivity index (χ0) is 15.2. The van der Waals surface area contributed by atoms with E-state index < -0.39 is 6.03 Å². The number of hydrogen-bond donors (Lipinski definition) is 1. The van der Waals surface area contributed by atoms with Crippen molar-refractivity contribution in [1.82, 2.24) is 5.32 Å². The summed E-state index contributed by atoms with van der Waals surface area (Å²) in [6, 6.07) is 6.62. The van der Waals surface area contributed by atoms with Crippen LogP contribution in [-0.4, -0.2) is 30.8 Å². The number of carbonyl (C=O) groups is 2. The lowest BCUT2D eigenvalue weighted by Crippen LogP contribution is -2.30. The molecule has 1 aliphatic heterocycles. The topological polar surface area (TPSA) is 71.0 Å². The molecule has 0 atom stereocenters. The van der Waals surface area contributed by atoms with Crippen LogP contribution in [0.1, 0.15) is 19.4 Å². The number of anilines is 1. The average Bonchev–Trinajstić information content (AvgIpc) is 2.83. The minimum Gasteiger partial charge on any atom is -0.391 e. The van der Waals surface area contributed by atoms with Crippen molar-refractivity contribution in [2.24, 2.45) is 5.16 Å². The fourth-order valence-corrected chi connectivity index (χ4v) is 1.86. The van der Waals surface area contributed by atoms with Crippen molar-refractivity contribution in [1.29, 1.82) is 0 Å². The molecular weight excluding hydrogens is 270 g/mol. The summed E-state index contributed by atoms with van der Waals surface area (Å²) >= 11 is 0. The third-order valence-corrected chi connectivity index (χ3v) is 2.99. The highest BCUT2D eigenvalue weighted by molar-refractivity contribution is 6.19. The number of allylic oxidation sites excluding steroid dienone is 1. The van der Waals surface area contributed by atoms with E-state index in [4.69, 9.17) is 4.84 Å². The Hall–Kier alpha value is -2.63. The van der Waals surface area contributed by atoms with Gasteiger partial charge in [-0.3, -0.25) is 4.79 Å². The predicted molar refractivity (Wildman–Crippen MR) is 80.3 cm³/mol. The fourth-order valence-electron chi connectivity index (χ4n) is 1.86. The van der Waals surface area contributed by atoms with E-state index in [0.717, 1.165) is 16.2 Å². The number of amides is 3. The molecule has 0 radical (unpaired) electrons. The van der Waals surface area contributed by atoms with Gasteiger partial charge in [0.25, 0.3) is 5.91 Å². The van der Waals surface area contributed by atoms with Crippen molar-refractivity contribution in [3.05, 3.63) is 42.0 Å². The first-order valence-corrected chi connectivity index (χ1v) is 6.62. The summed E-state index contributed by atoms with van der Waals surface area (Å²) in [5.74, 6) is -0.257. The summed E-state index contributed by atoms with van der Waals surface area (Å²) in [6.45, 7) is 4.21. The van der Waals surface area contributed by atoms with Gasteiger partial charge in [-0.15, -0.1) is 0 Å². The van der Waals surface area contributed by atoms with Crippen molar-refractivity contribution in [3.8, 4) is 0 Å². The molecule has 1 saturated heterocycles. The predicted octanol–water partition coefficient (Wildman–Crippen LogP) is 2.06. The van der Waals surface area contributed by atoms with Crippen LogP contribution in [0, 0.1) is 0 Å². The van der Waals surface area contributed by atoms with Crippen molar-refractivity contribution in [2.75, 3.05) is 18.1 Å². The molecule has 0 aliphatic carbocycles. The fraction of sp³-hybridized carbons (Fsp3) is 0.267. The van der Waals surface area contributed by atoms with Crippen LogP contribution < -0.4 is 10.2 Å². The smallest absolute Gasteiger partial charge is 0.329 e. The largest absolute Gasteiger partial charge is 0.391 e. The summed E-state index contributed by atoms with van der Waals surface area (Å²) < 4.78 is 0. The minimum atomic E-state index is -0.396. The quantitative estimate of drug-likeness (QED) is 0.296. The molecule has 6 nitrogen and oxygen atoms in total. The second-order valence-corrected chi connectivity index (χ2v) is 4.48. The molecule has 3 amide bonds. The molecule has 1 aliphatic rings. The Bertz CT molecular complexity index is 575. The lowest BCUT2D eigenvalue weighted by atomic mass is 10.1. The number of nitrogens with zero attached hydrogens (tertiary/aromatic N) is 2. The lowest BCUT2D eigenvalue weighted by Gasteiger charge is -2.12. The van der Waals surface area contributed by atoms with E-state index in [9.17, 15) is 9.59 Å². The molecule has 1 aromatic rings. The second kappa shape index (κ2) is 6.69. The van der Waals surface area contributed by atoms with Crippen LogP contribution in [-0.2, 0) is 9.63 Å². The Labute approximate surface area is 123 Å². The standard InChI is InChI=1S/C15H17N3O3/c1-3-4-9-21-17-11(2)12-5-7-13(8-6-12)18-14(19)10-16-15(18)20/h3-8H,9-10H2,1-2H3,(H,16,20)/b4-3+,17-11?. The molecule has 0 spiro atoms. The van der Waals surface area contributed by atoms with E-state index in [-0.39, 0.29) is 12.5 Å². The first-order valence-electron chi connectivity index (χ1n) is 6.62. The Morgan fingerprint density at radius 1 is 1.38 bits per heavy atom. The van der Waals surface area contributed by atoms with Crippen molar-refractivity contribution in [2.45, 2.75) is 13.8 Å². The van der Waals surface area contributed by atoms with E-state index >= 15 is 0 Å². The van der Waals surface area contributed by atoms with Gasteiger partial charge in [0.05, 0.1) is 17.9 Å². The maximum atomic E-state index is 11.6. The average molecular weight is 287 g/mol. The molecular formula is C15H17N3O3.